The van der Waals surface area contributed by atoms with Crippen molar-refractivity contribution in [3.8, 4) is 17.1 Å². The quantitative estimate of drug-likeness (QED) is 0.471. The van der Waals surface area contributed by atoms with Crippen molar-refractivity contribution in [2.45, 2.75) is 38.0 Å². The van der Waals surface area contributed by atoms with E-state index >= 15 is 0 Å². The monoisotopic (exact) mass is 444 g/mol. The number of nitrogens with zero attached hydrogens (tertiary/aromatic N) is 3. The lowest BCUT2D eigenvalue weighted by Crippen LogP contribution is -2.29. The Morgan fingerprint density at radius 1 is 1.17 bits per heavy atom. The molecule has 0 saturated heterocycles. The molecule has 0 aliphatic heterocycles. The molecule has 0 saturated carbocycles. The molecule has 0 aliphatic rings. The molecule has 1 aromatic heterocycles. The maximum absolute atomic E-state index is 12.6. The summed E-state index contributed by atoms with van der Waals surface area (Å²) in [5.41, 5.74) is 1.91. The first-order valence-corrected chi connectivity index (χ1v) is 11.2. The van der Waals surface area contributed by atoms with Gasteiger partial charge in [-0.15, -0.1) is 10.2 Å². The summed E-state index contributed by atoms with van der Waals surface area (Å²) in [6.07, 6.45) is 0.793. The van der Waals surface area contributed by atoms with Crippen LogP contribution >= 0.6 is 23.4 Å². The molecular formula is C22H25ClN4O2S. The van der Waals surface area contributed by atoms with Crippen molar-refractivity contribution in [1.82, 2.24) is 20.1 Å². The first kappa shape index (κ1) is 22.2. The average Bonchev–Trinajstić information content (AvgIpc) is 3.19. The van der Waals surface area contributed by atoms with E-state index in [0.717, 1.165) is 29.1 Å². The van der Waals surface area contributed by atoms with E-state index in [2.05, 4.69) is 15.5 Å². The zero-order valence-corrected chi connectivity index (χ0v) is 18.8. The van der Waals surface area contributed by atoms with E-state index in [4.69, 9.17) is 16.3 Å². The molecule has 1 amide bonds. The number of methoxy groups -OCH3 is 1. The van der Waals surface area contributed by atoms with Crippen LogP contribution in [0.1, 0.15) is 31.9 Å². The molecule has 0 aliphatic carbocycles. The van der Waals surface area contributed by atoms with Crippen LogP contribution in [0.2, 0.25) is 5.02 Å². The van der Waals surface area contributed by atoms with Gasteiger partial charge in [-0.3, -0.25) is 4.79 Å². The Morgan fingerprint density at radius 3 is 2.57 bits per heavy atom. The molecule has 1 atom stereocenters. The summed E-state index contributed by atoms with van der Waals surface area (Å²) in [7, 11) is 1.64. The lowest BCUT2D eigenvalue weighted by Gasteiger charge is -2.17. The van der Waals surface area contributed by atoms with E-state index in [1.165, 1.54) is 11.8 Å². The molecular weight excluding hydrogens is 420 g/mol. The molecule has 6 nitrogen and oxygen atoms in total. The fraction of sp³-hybridized carbons (Fsp3) is 0.318. The third-order valence-electron chi connectivity index (χ3n) is 4.73. The number of rotatable bonds is 9. The molecule has 1 N–H and O–H groups in total. The molecule has 2 aromatic carbocycles. The number of benzene rings is 2. The average molecular weight is 445 g/mol. The Labute approximate surface area is 186 Å². The Bertz CT molecular complexity index is 991. The van der Waals surface area contributed by atoms with Crippen molar-refractivity contribution in [3.63, 3.8) is 0 Å². The van der Waals surface area contributed by atoms with Crippen molar-refractivity contribution < 1.29 is 9.53 Å². The van der Waals surface area contributed by atoms with E-state index < -0.39 is 0 Å². The number of carbonyl (C=O) groups excluding carboxylic acids is 1. The van der Waals surface area contributed by atoms with E-state index in [-0.39, 0.29) is 17.7 Å². The summed E-state index contributed by atoms with van der Waals surface area (Å²) in [6, 6.07) is 15.2. The fourth-order valence-electron chi connectivity index (χ4n) is 3.19. The molecule has 158 valence electrons. The van der Waals surface area contributed by atoms with Crippen molar-refractivity contribution in [3.05, 3.63) is 59.1 Å². The van der Waals surface area contributed by atoms with Gasteiger partial charge in [0.15, 0.2) is 11.0 Å². The smallest absolute Gasteiger partial charge is 0.230 e. The number of hydrogen-bond donors (Lipinski definition) is 1. The molecule has 8 heteroatoms. The number of halogens is 1. The number of amides is 1. The molecule has 0 bridgehead atoms. The van der Waals surface area contributed by atoms with Gasteiger partial charge < -0.3 is 14.6 Å². The molecule has 0 spiro atoms. The van der Waals surface area contributed by atoms with Gasteiger partial charge in [0, 0.05) is 11.6 Å². The van der Waals surface area contributed by atoms with Gasteiger partial charge in [0.1, 0.15) is 5.75 Å². The highest BCUT2D eigenvalue weighted by Crippen LogP contribution is 2.30. The maximum Gasteiger partial charge on any atom is 0.230 e. The second kappa shape index (κ2) is 10.5. The summed E-state index contributed by atoms with van der Waals surface area (Å²) < 4.78 is 7.44. The summed E-state index contributed by atoms with van der Waals surface area (Å²) in [5.74, 6) is 1.67. The third kappa shape index (κ3) is 5.15. The Morgan fingerprint density at radius 2 is 1.90 bits per heavy atom. The molecule has 1 heterocycles. The van der Waals surface area contributed by atoms with Crippen molar-refractivity contribution >= 4 is 29.3 Å². The van der Waals surface area contributed by atoms with Gasteiger partial charge >= 0.3 is 0 Å². The minimum absolute atomic E-state index is 0.0497. The number of nitrogens with one attached hydrogen (secondary N) is 1. The highest BCUT2D eigenvalue weighted by molar-refractivity contribution is 7.99. The molecule has 3 rings (SSSR count). The van der Waals surface area contributed by atoms with Gasteiger partial charge in [-0.25, -0.2) is 0 Å². The third-order valence-corrected chi connectivity index (χ3v) is 5.95. The number of hydrogen-bond acceptors (Lipinski definition) is 5. The van der Waals surface area contributed by atoms with E-state index in [1.807, 2.05) is 66.9 Å². The summed E-state index contributed by atoms with van der Waals surface area (Å²) in [4.78, 5) is 12.6. The van der Waals surface area contributed by atoms with Crippen LogP contribution in [-0.2, 0) is 11.3 Å². The number of aromatic nitrogens is 3. The standard InChI is InChI=1S/C22H25ClN4O2S/c1-4-18(15-10-12-16(23)13-11-15)24-20(28)14-30-22-26-25-21(27(22)5-2)17-8-6-7-9-19(17)29-3/h6-13,18H,4-5,14H2,1-3H3,(H,24,28). The molecule has 0 radical (unpaired) electrons. The van der Waals surface area contributed by atoms with E-state index in [9.17, 15) is 4.79 Å². The number of para-hydroxylation sites is 1. The SMILES string of the molecule is CCC(NC(=O)CSc1nnc(-c2ccccc2OC)n1CC)c1ccc(Cl)cc1. The minimum atomic E-state index is -0.0523. The minimum Gasteiger partial charge on any atom is -0.496 e. The fourth-order valence-corrected chi connectivity index (χ4v) is 4.13. The Kier molecular flexibility index (Phi) is 7.76. The first-order valence-electron chi connectivity index (χ1n) is 9.81. The Balaban J connectivity index is 1.69. The van der Waals surface area contributed by atoms with Gasteiger partial charge in [0.25, 0.3) is 0 Å². The van der Waals surface area contributed by atoms with E-state index in [1.54, 1.807) is 7.11 Å². The van der Waals surface area contributed by atoms with Gasteiger partial charge in [0.05, 0.1) is 24.5 Å². The van der Waals surface area contributed by atoms with Crippen molar-refractivity contribution in [2.75, 3.05) is 12.9 Å². The maximum atomic E-state index is 12.6. The summed E-state index contributed by atoms with van der Waals surface area (Å²) >= 11 is 7.34. The first-order chi connectivity index (χ1) is 14.6. The lowest BCUT2D eigenvalue weighted by molar-refractivity contribution is -0.119. The topological polar surface area (TPSA) is 69.0 Å². The number of ether oxygens (including phenoxy) is 1. The van der Waals surface area contributed by atoms with Crippen LogP contribution in [0.3, 0.4) is 0 Å². The van der Waals surface area contributed by atoms with Crippen LogP contribution in [0.25, 0.3) is 11.4 Å². The lowest BCUT2D eigenvalue weighted by atomic mass is 10.0. The normalized spacial score (nSPS) is 11.9. The van der Waals surface area contributed by atoms with Crippen LogP contribution in [0, 0.1) is 0 Å². The van der Waals surface area contributed by atoms with Crippen LogP contribution < -0.4 is 10.1 Å². The summed E-state index contributed by atoms with van der Waals surface area (Å²) in [6.45, 7) is 4.76. The number of carbonyl (C=O) groups is 1. The van der Waals surface area contributed by atoms with Crippen LogP contribution in [-0.4, -0.2) is 33.5 Å². The van der Waals surface area contributed by atoms with E-state index in [0.29, 0.717) is 16.7 Å². The van der Waals surface area contributed by atoms with Gasteiger partial charge in [-0.2, -0.15) is 0 Å². The molecule has 0 fully saturated rings. The molecule has 3 aromatic rings. The molecule has 30 heavy (non-hydrogen) atoms. The molecule has 1 unspecified atom stereocenters. The van der Waals surface area contributed by atoms with Crippen LogP contribution in [0.4, 0.5) is 0 Å². The van der Waals surface area contributed by atoms with Gasteiger partial charge in [-0.05, 0) is 43.2 Å². The van der Waals surface area contributed by atoms with Gasteiger partial charge in [0.2, 0.25) is 5.91 Å². The predicted molar refractivity (Wildman–Crippen MR) is 121 cm³/mol. The number of thioether (sulfide) groups is 1. The second-order valence-corrected chi connectivity index (χ2v) is 8.00. The Hall–Kier alpha value is -2.51. The van der Waals surface area contributed by atoms with Crippen molar-refractivity contribution in [1.29, 1.82) is 0 Å². The van der Waals surface area contributed by atoms with Crippen LogP contribution in [0.15, 0.2) is 53.7 Å². The van der Waals surface area contributed by atoms with Crippen LogP contribution in [0.5, 0.6) is 5.75 Å². The highest BCUT2D eigenvalue weighted by atomic mass is 35.5. The van der Waals surface area contributed by atoms with Crippen molar-refractivity contribution in [2.24, 2.45) is 0 Å². The highest BCUT2D eigenvalue weighted by Gasteiger charge is 2.18. The largest absolute Gasteiger partial charge is 0.496 e. The predicted octanol–water partition coefficient (Wildman–Crippen LogP) is 4.99. The zero-order chi connectivity index (χ0) is 21.5. The second-order valence-electron chi connectivity index (χ2n) is 6.62. The summed E-state index contributed by atoms with van der Waals surface area (Å²) in [5, 5.41) is 13.1. The van der Waals surface area contributed by atoms with Gasteiger partial charge in [-0.1, -0.05) is 54.6 Å². The zero-order valence-electron chi connectivity index (χ0n) is 17.3.